The first kappa shape index (κ1) is 25.0. The predicted molar refractivity (Wildman–Crippen MR) is 134 cm³/mol. The third-order valence-electron chi connectivity index (χ3n) is 6.74. The Morgan fingerprint density at radius 3 is 2.57 bits per heavy atom. The minimum atomic E-state index is -0.588. The summed E-state index contributed by atoms with van der Waals surface area (Å²) < 4.78 is 2.73. The molecule has 1 saturated carbocycles. The van der Waals surface area contributed by atoms with Gasteiger partial charge in [0.25, 0.3) is 11.5 Å². The van der Waals surface area contributed by atoms with Crippen LogP contribution in [0.2, 0.25) is 0 Å². The molecule has 2 aliphatic rings. The summed E-state index contributed by atoms with van der Waals surface area (Å²) in [6, 6.07) is 0.141. The van der Waals surface area contributed by atoms with Crippen molar-refractivity contribution in [3.05, 3.63) is 33.3 Å². The number of carbonyl (C=O) groups excluding carboxylic acids is 2. The highest BCUT2D eigenvalue weighted by Crippen LogP contribution is 2.25. The van der Waals surface area contributed by atoms with Gasteiger partial charge in [-0.25, -0.2) is 0 Å². The smallest absolute Gasteiger partial charge is 0.270 e. The summed E-state index contributed by atoms with van der Waals surface area (Å²) >= 11 is 0. The molecule has 4 rings (SSSR count). The Balaban J connectivity index is 1.74. The maximum absolute atomic E-state index is 13.4. The fourth-order valence-corrected chi connectivity index (χ4v) is 4.68. The van der Waals surface area contributed by atoms with E-state index in [1.54, 1.807) is 13.0 Å². The molecule has 0 spiro atoms. The van der Waals surface area contributed by atoms with Crippen LogP contribution in [0.5, 0.6) is 5.88 Å². The summed E-state index contributed by atoms with van der Waals surface area (Å²) in [5, 5.41) is 18.1. The summed E-state index contributed by atoms with van der Waals surface area (Å²) in [5.74, 6) is -1.07. The number of fused-ring (bicyclic) bond motifs is 1. The summed E-state index contributed by atoms with van der Waals surface area (Å²) in [6.45, 7) is 13.5. The highest BCUT2D eigenvalue weighted by atomic mass is 16.3. The van der Waals surface area contributed by atoms with Crippen LogP contribution in [0.3, 0.4) is 0 Å². The molecule has 0 bridgehead atoms. The Kier molecular flexibility index (Phi) is 7.02. The Bertz CT molecular complexity index is 1220. The number of piperazine rings is 1. The molecule has 1 unspecified atom stereocenters. The zero-order valence-corrected chi connectivity index (χ0v) is 21.2. The third-order valence-corrected chi connectivity index (χ3v) is 6.74. The van der Waals surface area contributed by atoms with Gasteiger partial charge in [0, 0.05) is 49.9 Å². The van der Waals surface area contributed by atoms with E-state index in [-0.39, 0.29) is 29.5 Å². The van der Waals surface area contributed by atoms with Crippen molar-refractivity contribution in [2.75, 3.05) is 26.2 Å². The van der Waals surface area contributed by atoms with Gasteiger partial charge in [0.2, 0.25) is 11.8 Å². The highest BCUT2D eigenvalue weighted by molar-refractivity contribution is 5.97. The average molecular weight is 485 g/mol. The SMILES string of the molecule is CCN1CCN(C(=O)C=Cc2c(C)nn3c(O)c(C(=O)NC4CC4)c(=O)n(CC(C)C)c23)C(C)C1. The van der Waals surface area contributed by atoms with E-state index in [9.17, 15) is 19.5 Å². The van der Waals surface area contributed by atoms with Gasteiger partial charge in [0.05, 0.1) is 5.69 Å². The molecule has 1 aliphatic carbocycles. The number of nitrogens with zero attached hydrogens (tertiary/aromatic N) is 5. The number of aryl methyl sites for hydroxylation is 1. The van der Waals surface area contributed by atoms with Crippen molar-refractivity contribution in [1.29, 1.82) is 0 Å². The van der Waals surface area contributed by atoms with E-state index >= 15 is 0 Å². The van der Waals surface area contributed by atoms with Gasteiger partial charge in [-0.3, -0.25) is 23.9 Å². The number of rotatable bonds is 7. The maximum atomic E-state index is 13.4. The number of nitrogens with one attached hydrogen (secondary N) is 1. The Morgan fingerprint density at radius 2 is 1.97 bits per heavy atom. The quantitative estimate of drug-likeness (QED) is 0.578. The van der Waals surface area contributed by atoms with Gasteiger partial charge in [0.1, 0.15) is 5.65 Å². The molecule has 2 N–H and O–H groups in total. The van der Waals surface area contributed by atoms with Crippen molar-refractivity contribution >= 4 is 23.5 Å². The van der Waals surface area contributed by atoms with Crippen LogP contribution in [0.1, 0.15) is 62.2 Å². The normalized spacial score (nSPS) is 19.3. The zero-order valence-electron chi connectivity index (χ0n) is 21.2. The molecule has 1 atom stereocenters. The van der Waals surface area contributed by atoms with Crippen LogP contribution in [0, 0.1) is 12.8 Å². The maximum Gasteiger partial charge on any atom is 0.270 e. The molecule has 3 heterocycles. The zero-order chi connectivity index (χ0) is 25.4. The van der Waals surface area contributed by atoms with E-state index in [0.29, 0.717) is 30.0 Å². The van der Waals surface area contributed by atoms with E-state index in [4.69, 9.17) is 0 Å². The molecule has 2 aromatic rings. The number of likely N-dealkylation sites (N-methyl/N-ethyl adjacent to an activating group) is 1. The number of amides is 2. The first-order valence-electron chi connectivity index (χ1n) is 12.5. The first-order valence-corrected chi connectivity index (χ1v) is 12.5. The van der Waals surface area contributed by atoms with Gasteiger partial charge < -0.3 is 15.3 Å². The van der Waals surface area contributed by atoms with E-state index in [0.717, 1.165) is 32.5 Å². The second kappa shape index (κ2) is 9.85. The van der Waals surface area contributed by atoms with Crippen LogP contribution in [0.25, 0.3) is 11.7 Å². The van der Waals surface area contributed by atoms with E-state index in [2.05, 4.69) is 22.2 Å². The summed E-state index contributed by atoms with van der Waals surface area (Å²) in [7, 11) is 0. The summed E-state index contributed by atoms with van der Waals surface area (Å²) in [6.07, 6.45) is 4.91. The van der Waals surface area contributed by atoms with E-state index in [1.165, 1.54) is 15.2 Å². The molecule has 2 aromatic heterocycles. The standard InChI is InChI=1S/C25H36N6O4/c1-6-28-11-12-29(16(4)14-28)20(32)10-9-19-17(5)27-31-23(19)30(13-15(2)3)24(34)21(25(31)35)22(33)26-18-7-8-18/h9-10,15-16,18,35H,6-8,11-14H2,1-5H3,(H,26,33). The number of hydrogen-bond acceptors (Lipinski definition) is 6. The molecule has 0 aromatic carbocycles. The highest BCUT2D eigenvalue weighted by Gasteiger charge is 2.30. The van der Waals surface area contributed by atoms with Crippen molar-refractivity contribution in [2.45, 2.75) is 66.1 Å². The molecule has 10 nitrogen and oxygen atoms in total. The topological polar surface area (TPSA) is 112 Å². The van der Waals surface area contributed by atoms with E-state index in [1.807, 2.05) is 25.7 Å². The molecule has 0 radical (unpaired) electrons. The lowest BCUT2D eigenvalue weighted by Crippen LogP contribution is -2.53. The first-order chi connectivity index (χ1) is 16.6. The van der Waals surface area contributed by atoms with Crippen molar-refractivity contribution in [3.8, 4) is 5.88 Å². The number of aromatic nitrogens is 3. The van der Waals surface area contributed by atoms with Gasteiger partial charge in [-0.1, -0.05) is 20.8 Å². The number of hydrogen-bond donors (Lipinski definition) is 2. The van der Waals surface area contributed by atoms with Gasteiger partial charge in [-0.15, -0.1) is 0 Å². The molecule has 190 valence electrons. The Hall–Kier alpha value is -3.14. The fourth-order valence-electron chi connectivity index (χ4n) is 4.68. The van der Waals surface area contributed by atoms with Crippen molar-refractivity contribution in [1.82, 2.24) is 29.3 Å². The molecule has 35 heavy (non-hydrogen) atoms. The van der Waals surface area contributed by atoms with Gasteiger partial charge in [-0.2, -0.15) is 9.61 Å². The largest absolute Gasteiger partial charge is 0.492 e. The second-order valence-corrected chi connectivity index (χ2v) is 10.1. The Morgan fingerprint density at radius 1 is 1.26 bits per heavy atom. The fraction of sp³-hybridized carbons (Fsp3) is 0.600. The molecular formula is C25H36N6O4. The van der Waals surface area contributed by atoms with E-state index < -0.39 is 17.3 Å². The summed E-state index contributed by atoms with van der Waals surface area (Å²) in [4.78, 5) is 43.4. The van der Waals surface area contributed by atoms with Crippen LogP contribution >= 0.6 is 0 Å². The predicted octanol–water partition coefficient (Wildman–Crippen LogP) is 1.62. The van der Waals surface area contributed by atoms with Gasteiger partial charge in [-0.05, 0) is 45.2 Å². The molecule has 1 aliphatic heterocycles. The van der Waals surface area contributed by atoms with Crippen LogP contribution in [0.15, 0.2) is 10.9 Å². The van der Waals surface area contributed by atoms with Gasteiger partial charge >= 0.3 is 0 Å². The van der Waals surface area contributed by atoms with Crippen LogP contribution in [-0.4, -0.2) is 79.2 Å². The van der Waals surface area contributed by atoms with Crippen molar-refractivity contribution in [2.24, 2.45) is 5.92 Å². The van der Waals surface area contributed by atoms with Crippen LogP contribution in [-0.2, 0) is 11.3 Å². The molecule has 2 amide bonds. The lowest BCUT2D eigenvalue weighted by molar-refractivity contribution is -0.130. The molecule has 2 fully saturated rings. The molecular weight excluding hydrogens is 448 g/mol. The monoisotopic (exact) mass is 484 g/mol. The number of aromatic hydroxyl groups is 1. The Labute approximate surface area is 205 Å². The lowest BCUT2D eigenvalue weighted by atomic mass is 10.1. The molecule has 1 saturated heterocycles. The lowest BCUT2D eigenvalue weighted by Gasteiger charge is -2.39. The van der Waals surface area contributed by atoms with Crippen LogP contribution in [0.4, 0.5) is 0 Å². The summed E-state index contributed by atoms with van der Waals surface area (Å²) in [5.41, 5.74) is 0.619. The van der Waals surface area contributed by atoms with Crippen molar-refractivity contribution < 1.29 is 14.7 Å². The van der Waals surface area contributed by atoms with Crippen LogP contribution < -0.4 is 10.9 Å². The minimum absolute atomic E-state index is 0.0426. The van der Waals surface area contributed by atoms with Gasteiger partial charge in [0.15, 0.2) is 5.56 Å². The molecule has 10 heteroatoms. The third kappa shape index (κ3) is 4.98. The second-order valence-electron chi connectivity index (χ2n) is 10.1. The minimum Gasteiger partial charge on any atom is -0.492 e. The number of carbonyl (C=O) groups is 2. The van der Waals surface area contributed by atoms with Crippen molar-refractivity contribution in [3.63, 3.8) is 0 Å². The average Bonchev–Trinajstić information content (AvgIpc) is 3.55.